The first-order valence-corrected chi connectivity index (χ1v) is 23.3. The Morgan fingerprint density at radius 2 is 0.944 bits per heavy atom. The molecular weight excluding hydrogens is 944 g/mol. The van der Waals surface area contributed by atoms with Gasteiger partial charge in [0.05, 0.1) is 45.7 Å². The van der Waals surface area contributed by atoms with Crippen LogP contribution in [0.5, 0.6) is 0 Å². The molecule has 2 amide bonds. The van der Waals surface area contributed by atoms with Crippen molar-refractivity contribution < 1.29 is 55.8 Å². The van der Waals surface area contributed by atoms with Gasteiger partial charge in [-0.25, -0.2) is 23.4 Å². The molecule has 20 heteroatoms. The summed E-state index contributed by atoms with van der Waals surface area (Å²) in [5, 5.41) is 7.12. The predicted molar refractivity (Wildman–Crippen MR) is 261 cm³/mol. The topological polar surface area (TPSA) is 277 Å². The molecule has 15 nitrogen and oxygen atoms in total. The molecule has 0 saturated carbocycles. The molecule has 4 aromatic carbocycles. The molecule has 2 heterocycles. The highest BCUT2D eigenvalue weighted by atomic mass is 19.4. The van der Waals surface area contributed by atoms with Crippen LogP contribution in [0.2, 0.25) is 0 Å². The first kappa shape index (κ1) is 56.2. The molecule has 13 N–H and O–H groups in total. The van der Waals surface area contributed by atoms with Gasteiger partial charge in [-0.1, -0.05) is 60.7 Å². The van der Waals surface area contributed by atoms with Crippen LogP contribution in [0.15, 0.2) is 120 Å². The number of benzene rings is 4. The summed E-state index contributed by atoms with van der Waals surface area (Å²) in [5.74, 6) is -6.59. The Hall–Kier alpha value is -6.68. The third kappa shape index (κ3) is 13.8. The summed E-state index contributed by atoms with van der Waals surface area (Å²) in [5.41, 5.74) is 39.1. The van der Waals surface area contributed by atoms with E-state index in [4.69, 9.17) is 49.0 Å². The molecule has 0 aliphatic carbocycles. The minimum absolute atomic E-state index is 0.0110. The van der Waals surface area contributed by atoms with Crippen LogP contribution in [-0.4, -0.2) is 76.9 Å². The van der Waals surface area contributed by atoms with Gasteiger partial charge in [0.1, 0.15) is 11.6 Å². The Labute approximate surface area is 414 Å². The van der Waals surface area contributed by atoms with Crippen LogP contribution in [-0.2, 0) is 54.4 Å². The summed E-state index contributed by atoms with van der Waals surface area (Å²) in [6, 6.07) is 23.4. The third-order valence-corrected chi connectivity index (χ3v) is 12.3. The largest absolute Gasteiger partial charge is 0.490 e. The second-order valence-electron chi connectivity index (χ2n) is 18.3. The monoisotopic (exact) mass is 1000 g/mol. The van der Waals surface area contributed by atoms with E-state index in [-0.39, 0.29) is 74.5 Å². The highest BCUT2D eigenvalue weighted by molar-refractivity contribution is 6.10. The average Bonchev–Trinajstić information content (AvgIpc) is 3.35. The Morgan fingerprint density at radius 3 is 1.26 bits per heavy atom. The fourth-order valence-corrected chi connectivity index (χ4v) is 8.19. The summed E-state index contributed by atoms with van der Waals surface area (Å²) in [6.07, 6.45) is -3.14. The highest BCUT2D eigenvalue weighted by Crippen LogP contribution is 2.42. The number of carboxylic acids is 1. The lowest BCUT2D eigenvalue weighted by atomic mass is 9.88. The zero-order chi connectivity index (χ0) is 53.1. The molecule has 0 spiro atoms. The van der Waals surface area contributed by atoms with Crippen molar-refractivity contribution in [3.05, 3.63) is 154 Å². The molecule has 2 aliphatic rings. The number of anilines is 2. The number of amides is 2. The number of hydrogen-bond donors (Lipinski definition) is 7. The molecule has 0 fully saturated rings. The highest BCUT2D eigenvalue weighted by Gasteiger charge is 2.46. The maximum absolute atomic E-state index is 15.1. The van der Waals surface area contributed by atoms with Crippen molar-refractivity contribution in [3.8, 4) is 0 Å². The van der Waals surface area contributed by atoms with Crippen LogP contribution < -0.4 is 44.2 Å². The fourth-order valence-electron chi connectivity index (χ4n) is 8.19. The minimum Gasteiger partial charge on any atom is -0.475 e. The molecular formula is C52H61F5N8O7. The second kappa shape index (κ2) is 24.2. The zero-order valence-corrected chi connectivity index (χ0v) is 40.0. The normalized spacial score (nSPS) is 16.0. The molecule has 0 bridgehead atoms. The predicted octanol–water partition coefficient (Wildman–Crippen LogP) is 5.49. The molecule has 4 aromatic rings. The standard InChI is InChI=1S/C50H60F2N8O5.C2HF3O2/c1-49(57,25-7-27-53)47(63)59-41-11-5-3-9-33(41)29-37(43(61)39(55)23-17-31-13-19-35(51)20-14-31)45(59)65-46-38(44(62)40(56)24-18-32-15-21-36(52)22-16-32)30-34-10-4-6-12-42(34)60(46)48(64)50(2,58)26-8-28-54;3-2(4,5)1(6)7/h3-6,9-16,19-22,39-40H,7-8,17-18,23-30,53-58H2,1-2H3;(H,6,7)/t39-,40-,49-,50-;/m0./s1. The van der Waals surface area contributed by atoms with Gasteiger partial charge in [-0.2, -0.15) is 13.2 Å². The average molecular weight is 1010 g/mol. The van der Waals surface area contributed by atoms with E-state index in [0.29, 0.717) is 48.2 Å². The van der Waals surface area contributed by atoms with Crippen molar-refractivity contribution in [1.29, 1.82) is 0 Å². The number of ketones is 2. The second-order valence-corrected chi connectivity index (χ2v) is 18.3. The van der Waals surface area contributed by atoms with Crippen LogP contribution in [0.4, 0.5) is 33.3 Å². The van der Waals surface area contributed by atoms with Crippen molar-refractivity contribution in [2.45, 2.75) is 107 Å². The quantitative estimate of drug-likeness (QED) is 0.0541. The number of Topliss-reactive ketones (excluding diaryl/α,β-unsaturated/α-hetero) is 2. The molecule has 0 saturated heterocycles. The number of halogens is 5. The Bertz CT molecular complexity index is 2500. The van der Waals surface area contributed by atoms with Crippen LogP contribution >= 0.6 is 0 Å². The summed E-state index contributed by atoms with van der Waals surface area (Å²) < 4.78 is 66.3. The lowest BCUT2D eigenvalue weighted by Crippen LogP contribution is -2.57. The fraction of sp³-hybridized carbons (Fsp3) is 0.365. The van der Waals surface area contributed by atoms with Gasteiger partial charge in [-0.3, -0.25) is 19.2 Å². The van der Waals surface area contributed by atoms with E-state index in [0.717, 1.165) is 11.1 Å². The van der Waals surface area contributed by atoms with Crippen LogP contribution in [0.1, 0.15) is 74.6 Å². The van der Waals surface area contributed by atoms with Crippen molar-refractivity contribution in [2.24, 2.45) is 34.4 Å². The van der Waals surface area contributed by atoms with Crippen LogP contribution in [0, 0.1) is 11.6 Å². The first-order chi connectivity index (χ1) is 33.9. The summed E-state index contributed by atoms with van der Waals surface area (Å²) >= 11 is 0. The van der Waals surface area contributed by atoms with Gasteiger partial charge in [0.2, 0.25) is 11.8 Å². The maximum Gasteiger partial charge on any atom is 0.490 e. The van der Waals surface area contributed by atoms with Crippen LogP contribution in [0.25, 0.3) is 0 Å². The van der Waals surface area contributed by atoms with Crippen molar-refractivity contribution in [3.63, 3.8) is 0 Å². The number of aliphatic carboxylic acids is 1. The number of nitrogens with two attached hydrogens (primary N) is 6. The minimum atomic E-state index is -5.08. The first-order valence-electron chi connectivity index (χ1n) is 23.3. The molecule has 2 aliphatic heterocycles. The number of nitrogens with zero attached hydrogens (tertiary/aromatic N) is 2. The van der Waals surface area contributed by atoms with E-state index in [1.807, 2.05) is 0 Å². The lowest BCUT2D eigenvalue weighted by molar-refractivity contribution is -0.192. The number of alkyl halides is 3. The summed E-state index contributed by atoms with van der Waals surface area (Å²) in [7, 11) is 0. The molecule has 0 radical (unpaired) electrons. The molecule has 6 rings (SSSR count). The number of ether oxygens (including phenoxy) is 1. The van der Waals surface area contributed by atoms with E-state index in [9.17, 15) is 31.5 Å². The van der Waals surface area contributed by atoms with Gasteiger partial charge in [0.25, 0.3) is 11.8 Å². The number of hydrogen-bond acceptors (Lipinski definition) is 12. The van der Waals surface area contributed by atoms with Crippen LogP contribution in [0.3, 0.4) is 0 Å². The molecule has 386 valence electrons. The number of fused-ring (bicyclic) bond motifs is 2. The summed E-state index contributed by atoms with van der Waals surface area (Å²) in [6.45, 7) is 3.63. The van der Waals surface area contributed by atoms with Crippen molar-refractivity contribution >= 4 is 40.7 Å². The molecule has 0 aromatic heterocycles. The van der Waals surface area contributed by atoms with E-state index < -0.39 is 70.3 Å². The summed E-state index contributed by atoms with van der Waals surface area (Å²) in [4.78, 5) is 71.4. The maximum atomic E-state index is 15.1. The number of para-hydroxylation sites is 2. The van der Waals surface area contributed by atoms with E-state index in [2.05, 4.69) is 0 Å². The van der Waals surface area contributed by atoms with Gasteiger partial charge in [-0.05, 0) is 137 Å². The van der Waals surface area contributed by atoms with Crippen molar-refractivity contribution in [2.75, 3.05) is 22.9 Å². The molecule has 72 heavy (non-hydrogen) atoms. The Balaban J connectivity index is 0.00000128. The van der Waals surface area contributed by atoms with E-state index >= 15 is 9.59 Å². The third-order valence-electron chi connectivity index (χ3n) is 12.3. The smallest absolute Gasteiger partial charge is 0.475 e. The van der Waals surface area contributed by atoms with Crippen molar-refractivity contribution in [1.82, 2.24) is 0 Å². The van der Waals surface area contributed by atoms with Gasteiger partial charge in [0.15, 0.2) is 11.6 Å². The molecule has 0 unspecified atom stereocenters. The van der Waals surface area contributed by atoms with E-state index in [1.54, 1.807) is 86.6 Å². The van der Waals surface area contributed by atoms with E-state index in [1.165, 1.54) is 34.1 Å². The Kier molecular flexibility index (Phi) is 18.9. The number of carbonyl (C=O) groups is 5. The number of carbonyl (C=O) groups excluding carboxylic acids is 4. The van der Waals surface area contributed by atoms with Gasteiger partial charge >= 0.3 is 12.1 Å². The molecule has 4 atom stereocenters. The number of rotatable bonds is 20. The van der Waals surface area contributed by atoms with Gasteiger partial charge in [-0.15, -0.1) is 0 Å². The lowest BCUT2D eigenvalue weighted by Gasteiger charge is -2.41. The van der Waals surface area contributed by atoms with Gasteiger partial charge < -0.3 is 44.2 Å². The zero-order valence-electron chi connectivity index (χ0n) is 40.0. The number of aryl methyl sites for hydroxylation is 2. The SMILES string of the molecule is C[C@](N)(CCCN)C(=O)N1C(OC2=C(C(=O)[C@@H](N)CCc3ccc(F)cc3)Cc3ccccc3N2C(=O)[C@@](C)(N)CCCN)=C(C(=O)[C@@H](N)CCc2ccc(F)cc2)Cc2ccccc21.O=C(O)C(F)(F)F. The number of carboxylic acid groups (broad SMARTS) is 1. The van der Waals surface area contributed by atoms with Gasteiger partial charge in [0, 0.05) is 12.8 Å². The Morgan fingerprint density at radius 1 is 0.611 bits per heavy atom.